The van der Waals surface area contributed by atoms with E-state index in [-0.39, 0.29) is 5.41 Å². The Morgan fingerprint density at radius 3 is 2.56 bits per heavy atom. The average molecular weight is 266 g/mol. The Bertz CT molecular complexity index is 444. The molecule has 2 rings (SSSR count). The third-order valence-corrected chi connectivity index (χ3v) is 4.53. The van der Waals surface area contributed by atoms with Crippen molar-refractivity contribution in [3.63, 3.8) is 0 Å². The fourth-order valence-electron chi connectivity index (χ4n) is 2.49. The van der Waals surface area contributed by atoms with Gasteiger partial charge < -0.3 is 5.73 Å². The summed E-state index contributed by atoms with van der Waals surface area (Å²) < 4.78 is 1.97. The van der Waals surface area contributed by atoms with Crippen LogP contribution in [0.2, 0.25) is 0 Å². The molecular weight excluding hydrogens is 244 g/mol. The van der Waals surface area contributed by atoms with E-state index in [2.05, 4.69) is 23.0 Å². The van der Waals surface area contributed by atoms with E-state index >= 15 is 0 Å². The van der Waals surface area contributed by atoms with Crippen molar-refractivity contribution in [1.82, 2.24) is 14.7 Å². The van der Waals surface area contributed by atoms with E-state index in [0.29, 0.717) is 4.99 Å². The van der Waals surface area contributed by atoms with Crippen molar-refractivity contribution in [3.05, 3.63) is 17.5 Å². The van der Waals surface area contributed by atoms with E-state index in [9.17, 15) is 0 Å². The van der Waals surface area contributed by atoms with Gasteiger partial charge in [-0.15, -0.1) is 0 Å². The number of rotatable bonds is 3. The normalized spacial score (nSPS) is 19.9. The van der Waals surface area contributed by atoms with Crippen LogP contribution in [0.25, 0.3) is 0 Å². The van der Waals surface area contributed by atoms with E-state index < -0.39 is 0 Å². The van der Waals surface area contributed by atoms with Crippen LogP contribution in [0.5, 0.6) is 0 Å². The van der Waals surface area contributed by atoms with Crippen LogP contribution >= 0.6 is 12.2 Å². The van der Waals surface area contributed by atoms with Gasteiger partial charge in [-0.25, -0.2) is 0 Å². The van der Waals surface area contributed by atoms with Gasteiger partial charge in [0.1, 0.15) is 0 Å². The van der Waals surface area contributed by atoms with Crippen LogP contribution in [0.4, 0.5) is 0 Å². The smallest absolute Gasteiger partial charge is 0.0788 e. The van der Waals surface area contributed by atoms with E-state index in [1.165, 1.54) is 5.69 Å². The lowest BCUT2D eigenvalue weighted by molar-refractivity contribution is 0.155. The molecule has 1 fully saturated rings. The van der Waals surface area contributed by atoms with Crippen LogP contribution in [-0.4, -0.2) is 32.8 Å². The maximum atomic E-state index is 5.83. The molecule has 0 amide bonds. The van der Waals surface area contributed by atoms with E-state index in [4.69, 9.17) is 18.0 Å². The molecule has 0 saturated carbocycles. The lowest BCUT2D eigenvalue weighted by Crippen LogP contribution is -2.44. The summed E-state index contributed by atoms with van der Waals surface area (Å²) in [6, 6.07) is 2.15. The minimum atomic E-state index is 0.0498. The highest BCUT2D eigenvalue weighted by Gasteiger charge is 2.32. The average Bonchev–Trinajstić information content (AvgIpc) is 2.61. The second-order valence-electron chi connectivity index (χ2n) is 5.60. The lowest BCUT2D eigenvalue weighted by atomic mass is 9.80. The van der Waals surface area contributed by atoms with Crippen LogP contribution in [0.1, 0.15) is 31.2 Å². The number of aromatic nitrogens is 2. The molecule has 5 heteroatoms. The predicted molar refractivity (Wildman–Crippen MR) is 77.3 cm³/mol. The molecule has 18 heavy (non-hydrogen) atoms. The molecule has 100 valence electrons. The minimum Gasteiger partial charge on any atom is -0.393 e. The second kappa shape index (κ2) is 4.97. The number of hydrogen-bond donors (Lipinski definition) is 1. The summed E-state index contributed by atoms with van der Waals surface area (Å²) in [5.74, 6) is 0. The van der Waals surface area contributed by atoms with Gasteiger partial charge in [0.05, 0.1) is 16.4 Å². The molecule has 2 N–H and O–H groups in total. The van der Waals surface area contributed by atoms with Gasteiger partial charge in [0, 0.05) is 19.0 Å². The minimum absolute atomic E-state index is 0.0498. The lowest BCUT2D eigenvalue weighted by Gasteiger charge is -2.38. The largest absolute Gasteiger partial charge is 0.393 e. The van der Waals surface area contributed by atoms with Crippen LogP contribution in [0.3, 0.4) is 0 Å². The number of aryl methyl sites for hydroxylation is 2. The monoisotopic (exact) mass is 266 g/mol. The van der Waals surface area contributed by atoms with Gasteiger partial charge in [0.25, 0.3) is 0 Å². The first-order valence-electron chi connectivity index (χ1n) is 6.42. The van der Waals surface area contributed by atoms with Crippen LogP contribution in [-0.2, 0) is 13.6 Å². The molecular formula is C13H22N4S. The van der Waals surface area contributed by atoms with Crippen LogP contribution in [0.15, 0.2) is 6.07 Å². The standard InChI is InChI=1S/C13H22N4S/c1-10-8-11(16(3)15-10)9-17-6-4-13(2,5-7-17)12(14)18/h8H,4-7,9H2,1-3H3,(H2,14,18). The highest BCUT2D eigenvalue weighted by Crippen LogP contribution is 2.31. The Hall–Kier alpha value is -0.940. The summed E-state index contributed by atoms with van der Waals surface area (Å²) in [5.41, 5.74) is 8.23. The van der Waals surface area contributed by atoms with Crippen molar-refractivity contribution < 1.29 is 0 Å². The SMILES string of the molecule is Cc1cc(CN2CCC(C)(C(N)=S)CC2)n(C)n1. The van der Waals surface area contributed by atoms with Crippen LogP contribution in [0, 0.1) is 12.3 Å². The predicted octanol–water partition coefficient (Wildman–Crippen LogP) is 1.62. The van der Waals surface area contributed by atoms with Gasteiger partial charge in [0.2, 0.25) is 0 Å². The first kappa shape index (κ1) is 13.5. The summed E-state index contributed by atoms with van der Waals surface area (Å²) in [5, 5.41) is 4.38. The van der Waals surface area contributed by atoms with Crippen molar-refractivity contribution in [3.8, 4) is 0 Å². The molecule has 0 unspecified atom stereocenters. The summed E-state index contributed by atoms with van der Waals surface area (Å²) >= 11 is 5.17. The molecule has 1 aromatic rings. The van der Waals surface area contributed by atoms with Gasteiger partial charge in [-0.3, -0.25) is 9.58 Å². The third-order valence-electron chi connectivity index (χ3n) is 4.04. The van der Waals surface area contributed by atoms with Gasteiger partial charge in [-0.1, -0.05) is 19.1 Å². The fraction of sp³-hybridized carbons (Fsp3) is 0.692. The molecule has 1 aliphatic heterocycles. The number of nitrogens with zero attached hydrogens (tertiary/aromatic N) is 3. The van der Waals surface area contributed by atoms with E-state index in [0.717, 1.165) is 38.2 Å². The molecule has 1 aromatic heterocycles. The Balaban J connectivity index is 1.95. The Kier molecular flexibility index (Phi) is 3.73. The summed E-state index contributed by atoms with van der Waals surface area (Å²) in [6.45, 7) is 7.28. The number of likely N-dealkylation sites (tertiary alicyclic amines) is 1. The summed E-state index contributed by atoms with van der Waals surface area (Å²) in [4.78, 5) is 3.12. The Labute approximate surface area is 114 Å². The van der Waals surface area contributed by atoms with E-state index in [1.54, 1.807) is 0 Å². The molecule has 0 radical (unpaired) electrons. The third kappa shape index (κ3) is 2.72. The topological polar surface area (TPSA) is 47.1 Å². The van der Waals surface area contributed by atoms with Crippen molar-refractivity contribution in [2.45, 2.75) is 33.2 Å². The van der Waals surface area contributed by atoms with Crippen molar-refractivity contribution in [1.29, 1.82) is 0 Å². The quantitative estimate of drug-likeness (QED) is 0.845. The Morgan fingerprint density at radius 1 is 1.50 bits per heavy atom. The van der Waals surface area contributed by atoms with Crippen molar-refractivity contribution in [2.75, 3.05) is 13.1 Å². The number of nitrogens with two attached hydrogens (primary N) is 1. The van der Waals surface area contributed by atoms with Gasteiger partial charge >= 0.3 is 0 Å². The highest BCUT2D eigenvalue weighted by molar-refractivity contribution is 7.80. The summed E-state index contributed by atoms with van der Waals surface area (Å²) in [7, 11) is 2.01. The second-order valence-corrected chi connectivity index (χ2v) is 6.04. The fourth-order valence-corrected chi connectivity index (χ4v) is 2.70. The van der Waals surface area contributed by atoms with Crippen LogP contribution < -0.4 is 5.73 Å². The van der Waals surface area contributed by atoms with Gasteiger partial charge in [-0.05, 0) is 38.9 Å². The first-order chi connectivity index (χ1) is 8.40. The van der Waals surface area contributed by atoms with Gasteiger partial charge in [-0.2, -0.15) is 5.10 Å². The van der Waals surface area contributed by atoms with E-state index in [1.807, 2.05) is 18.7 Å². The van der Waals surface area contributed by atoms with Crippen molar-refractivity contribution >= 4 is 17.2 Å². The number of thiocarbonyl (C=S) groups is 1. The summed E-state index contributed by atoms with van der Waals surface area (Å²) in [6.07, 6.45) is 2.11. The maximum Gasteiger partial charge on any atom is 0.0788 e. The highest BCUT2D eigenvalue weighted by atomic mass is 32.1. The first-order valence-corrected chi connectivity index (χ1v) is 6.83. The zero-order valence-corrected chi connectivity index (χ0v) is 12.3. The molecule has 4 nitrogen and oxygen atoms in total. The molecule has 0 bridgehead atoms. The molecule has 0 atom stereocenters. The van der Waals surface area contributed by atoms with Gasteiger partial charge in [0.15, 0.2) is 0 Å². The maximum absolute atomic E-state index is 5.83. The Morgan fingerprint density at radius 2 is 2.11 bits per heavy atom. The molecule has 1 saturated heterocycles. The zero-order chi connectivity index (χ0) is 13.3. The molecule has 2 heterocycles. The molecule has 1 aliphatic rings. The van der Waals surface area contributed by atoms with Crippen molar-refractivity contribution in [2.24, 2.45) is 18.2 Å². The molecule has 0 spiro atoms. The number of hydrogen-bond acceptors (Lipinski definition) is 3. The number of piperidine rings is 1. The molecule has 0 aromatic carbocycles. The zero-order valence-electron chi connectivity index (χ0n) is 11.4. The molecule has 0 aliphatic carbocycles.